The summed E-state index contributed by atoms with van der Waals surface area (Å²) < 4.78 is 41.2. The summed E-state index contributed by atoms with van der Waals surface area (Å²) in [6.45, 7) is -0.478. The summed E-state index contributed by atoms with van der Waals surface area (Å²) in [6, 6.07) is 6.33. The van der Waals surface area contributed by atoms with Crippen LogP contribution in [0.3, 0.4) is 0 Å². The lowest BCUT2D eigenvalue weighted by Gasteiger charge is -2.13. The smallest absolute Gasteiger partial charge is 0.471 e. The Balaban J connectivity index is 2.59. The Kier molecular flexibility index (Phi) is 6.45. The average Bonchev–Trinajstić information content (AvgIpc) is 2.48. The lowest BCUT2D eigenvalue weighted by atomic mass is 9.95. The van der Waals surface area contributed by atoms with Gasteiger partial charge in [0.15, 0.2) is 0 Å². The number of hydrogen-bond acceptors (Lipinski definition) is 3. The molecule has 2 amide bonds. The standard InChI is InChI=1S/C15H15F3N2O3/c1-2-4-12(13(19)21)10-5-3-6-11(9-10)23-8-7-20-14(22)15(16,17)18/h1,3,5-6,9,12H,4,7-8H2,(H2,19,21)(H,20,22). The van der Waals surface area contributed by atoms with Gasteiger partial charge in [-0.2, -0.15) is 13.2 Å². The lowest BCUT2D eigenvalue weighted by Crippen LogP contribution is -2.38. The summed E-state index contributed by atoms with van der Waals surface area (Å²) in [5.74, 6) is -0.612. The number of halogens is 3. The molecule has 0 radical (unpaired) electrons. The Morgan fingerprint density at radius 3 is 2.65 bits per heavy atom. The highest BCUT2D eigenvalue weighted by molar-refractivity contribution is 5.82. The quantitative estimate of drug-likeness (QED) is 0.585. The van der Waals surface area contributed by atoms with E-state index in [9.17, 15) is 22.8 Å². The molecule has 0 aliphatic heterocycles. The second-order valence-corrected chi connectivity index (χ2v) is 4.54. The topological polar surface area (TPSA) is 81.4 Å². The fourth-order valence-corrected chi connectivity index (χ4v) is 1.76. The maximum absolute atomic E-state index is 12.0. The van der Waals surface area contributed by atoms with Crippen molar-refractivity contribution in [2.24, 2.45) is 5.73 Å². The molecule has 0 aliphatic carbocycles. The Morgan fingerprint density at radius 2 is 2.09 bits per heavy atom. The number of hydrogen-bond donors (Lipinski definition) is 2. The molecule has 0 heterocycles. The molecule has 124 valence electrons. The van der Waals surface area contributed by atoms with Gasteiger partial charge in [0.2, 0.25) is 5.91 Å². The highest BCUT2D eigenvalue weighted by Crippen LogP contribution is 2.23. The van der Waals surface area contributed by atoms with Crippen molar-refractivity contribution in [3.05, 3.63) is 29.8 Å². The number of terminal acetylenes is 1. The third-order valence-electron chi connectivity index (χ3n) is 2.84. The molecule has 8 heteroatoms. The van der Waals surface area contributed by atoms with Gasteiger partial charge in [-0.05, 0) is 17.7 Å². The van der Waals surface area contributed by atoms with E-state index in [0.29, 0.717) is 11.3 Å². The molecule has 1 atom stereocenters. The second-order valence-electron chi connectivity index (χ2n) is 4.54. The molecule has 0 saturated carbocycles. The summed E-state index contributed by atoms with van der Waals surface area (Å²) in [5, 5.41) is 1.68. The molecular formula is C15H15F3N2O3. The molecule has 0 fully saturated rings. The van der Waals surface area contributed by atoms with Crippen LogP contribution in [-0.4, -0.2) is 31.1 Å². The predicted molar refractivity (Wildman–Crippen MR) is 76.4 cm³/mol. The van der Waals surface area contributed by atoms with Crippen molar-refractivity contribution in [3.8, 4) is 18.1 Å². The van der Waals surface area contributed by atoms with Crippen molar-refractivity contribution >= 4 is 11.8 Å². The van der Waals surface area contributed by atoms with Crippen molar-refractivity contribution in [2.45, 2.75) is 18.5 Å². The Bertz CT molecular complexity index is 609. The zero-order valence-electron chi connectivity index (χ0n) is 12.0. The zero-order chi connectivity index (χ0) is 17.5. The van der Waals surface area contributed by atoms with E-state index in [1.54, 1.807) is 23.5 Å². The third-order valence-corrected chi connectivity index (χ3v) is 2.84. The van der Waals surface area contributed by atoms with E-state index in [0.717, 1.165) is 0 Å². The molecule has 0 aliphatic rings. The molecule has 0 bridgehead atoms. The number of nitrogens with two attached hydrogens (primary N) is 1. The van der Waals surface area contributed by atoms with Crippen LogP contribution in [0.1, 0.15) is 17.9 Å². The van der Waals surface area contributed by atoms with Gasteiger partial charge in [0.25, 0.3) is 0 Å². The van der Waals surface area contributed by atoms with E-state index >= 15 is 0 Å². The molecule has 3 N–H and O–H groups in total. The number of carbonyl (C=O) groups excluding carboxylic acids is 2. The molecule has 5 nitrogen and oxygen atoms in total. The third kappa shape index (κ3) is 5.90. The molecular weight excluding hydrogens is 313 g/mol. The first-order valence-electron chi connectivity index (χ1n) is 6.56. The van der Waals surface area contributed by atoms with Gasteiger partial charge >= 0.3 is 12.1 Å². The first-order valence-corrected chi connectivity index (χ1v) is 6.56. The summed E-state index contributed by atoms with van der Waals surface area (Å²) in [6.07, 6.45) is 0.382. The molecule has 1 rings (SSSR count). The number of ether oxygens (including phenoxy) is 1. The minimum absolute atomic E-state index is 0.125. The van der Waals surface area contributed by atoms with Gasteiger partial charge in [-0.15, -0.1) is 12.3 Å². The summed E-state index contributed by atoms with van der Waals surface area (Å²) >= 11 is 0. The SMILES string of the molecule is C#CCC(C(N)=O)c1cccc(OCCNC(=O)C(F)(F)F)c1. The van der Waals surface area contributed by atoms with Gasteiger partial charge in [0, 0.05) is 6.42 Å². The van der Waals surface area contributed by atoms with Crippen molar-refractivity contribution in [3.63, 3.8) is 0 Å². The lowest BCUT2D eigenvalue weighted by molar-refractivity contribution is -0.173. The first-order chi connectivity index (χ1) is 10.8. The van der Waals surface area contributed by atoms with Crippen LogP contribution >= 0.6 is 0 Å². The van der Waals surface area contributed by atoms with Crippen molar-refractivity contribution in [2.75, 3.05) is 13.2 Å². The fourth-order valence-electron chi connectivity index (χ4n) is 1.76. The number of nitrogens with one attached hydrogen (secondary N) is 1. The van der Waals surface area contributed by atoms with Gasteiger partial charge in [-0.25, -0.2) is 0 Å². The van der Waals surface area contributed by atoms with Crippen LogP contribution in [0.5, 0.6) is 5.75 Å². The number of primary amides is 1. The van der Waals surface area contributed by atoms with Crippen LogP contribution < -0.4 is 15.8 Å². The number of alkyl halides is 3. The minimum Gasteiger partial charge on any atom is -0.492 e. The first kappa shape index (κ1) is 18.4. The summed E-state index contributed by atoms with van der Waals surface area (Å²) in [7, 11) is 0. The zero-order valence-corrected chi connectivity index (χ0v) is 12.0. The van der Waals surface area contributed by atoms with Gasteiger partial charge in [-0.3, -0.25) is 9.59 Å². The van der Waals surface area contributed by atoms with Crippen molar-refractivity contribution in [1.82, 2.24) is 5.32 Å². The van der Waals surface area contributed by atoms with E-state index < -0.39 is 23.9 Å². The van der Waals surface area contributed by atoms with Crippen LogP contribution in [0.4, 0.5) is 13.2 Å². The van der Waals surface area contributed by atoms with Gasteiger partial charge < -0.3 is 15.8 Å². The Labute approximate surface area is 131 Å². The number of rotatable bonds is 7. The minimum atomic E-state index is -4.93. The Morgan fingerprint density at radius 1 is 1.39 bits per heavy atom. The van der Waals surface area contributed by atoms with Gasteiger partial charge in [0.05, 0.1) is 12.5 Å². The molecule has 1 aromatic rings. The van der Waals surface area contributed by atoms with Crippen molar-refractivity contribution in [1.29, 1.82) is 0 Å². The number of benzene rings is 1. The predicted octanol–water partition coefficient (Wildman–Crippen LogP) is 1.34. The van der Waals surface area contributed by atoms with Crippen LogP contribution in [-0.2, 0) is 9.59 Å². The highest BCUT2D eigenvalue weighted by atomic mass is 19.4. The molecule has 1 aromatic carbocycles. The normalized spacial score (nSPS) is 12.1. The van der Waals surface area contributed by atoms with E-state index in [4.69, 9.17) is 16.9 Å². The van der Waals surface area contributed by atoms with Crippen LogP contribution in [0.2, 0.25) is 0 Å². The van der Waals surface area contributed by atoms with Gasteiger partial charge in [-0.1, -0.05) is 12.1 Å². The molecule has 1 unspecified atom stereocenters. The summed E-state index contributed by atoms with van der Waals surface area (Å²) in [5.41, 5.74) is 5.82. The van der Waals surface area contributed by atoms with Crippen molar-refractivity contribution < 1.29 is 27.5 Å². The number of amides is 2. The Hall–Kier alpha value is -2.69. The average molecular weight is 328 g/mol. The van der Waals surface area contributed by atoms with E-state index in [2.05, 4.69) is 5.92 Å². The number of carbonyl (C=O) groups is 2. The molecule has 0 saturated heterocycles. The molecule has 0 aromatic heterocycles. The van der Waals surface area contributed by atoms with Gasteiger partial charge in [0.1, 0.15) is 12.4 Å². The van der Waals surface area contributed by atoms with E-state index in [1.165, 1.54) is 6.07 Å². The monoisotopic (exact) mass is 328 g/mol. The molecule has 23 heavy (non-hydrogen) atoms. The van der Waals surface area contributed by atoms with Crippen LogP contribution in [0, 0.1) is 12.3 Å². The van der Waals surface area contributed by atoms with Crippen LogP contribution in [0.15, 0.2) is 24.3 Å². The largest absolute Gasteiger partial charge is 0.492 e. The maximum Gasteiger partial charge on any atom is 0.471 e. The van der Waals surface area contributed by atoms with E-state index in [-0.39, 0.29) is 19.6 Å². The fraction of sp³-hybridized carbons (Fsp3) is 0.333. The summed E-state index contributed by atoms with van der Waals surface area (Å²) in [4.78, 5) is 22.0. The van der Waals surface area contributed by atoms with E-state index in [1.807, 2.05) is 0 Å². The maximum atomic E-state index is 12.0. The second kappa shape index (κ2) is 8.08. The van der Waals surface area contributed by atoms with Crippen LogP contribution in [0.25, 0.3) is 0 Å². The highest BCUT2D eigenvalue weighted by Gasteiger charge is 2.38. The molecule has 0 spiro atoms.